The van der Waals surface area contributed by atoms with Crippen LogP contribution in [0.3, 0.4) is 0 Å². The van der Waals surface area contributed by atoms with Crippen molar-refractivity contribution in [3.63, 3.8) is 0 Å². The molecule has 0 aromatic carbocycles. The van der Waals surface area contributed by atoms with E-state index in [9.17, 15) is 8.42 Å². The Morgan fingerprint density at radius 1 is 1.21 bits per heavy atom. The van der Waals surface area contributed by atoms with Crippen molar-refractivity contribution in [3.05, 3.63) is 30.0 Å². The fraction of sp³-hybridized carbons (Fsp3) is 0.556. The van der Waals surface area contributed by atoms with E-state index in [1.807, 2.05) is 12.1 Å². The average molecular weight is 419 g/mol. The Labute approximate surface area is 170 Å². The number of nitrogens with one attached hydrogen (secondary N) is 1. The minimum absolute atomic E-state index is 0.0584. The van der Waals surface area contributed by atoms with Gasteiger partial charge >= 0.3 is 0 Å². The van der Waals surface area contributed by atoms with E-state index in [-0.39, 0.29) is 16.4 Å². The fourth-order valence-electron chi connectivity index (χ4n) is 3.26. The summed E-state index contributed by atoms with van der Waals surface area (Å²) >= 11 is 0. The Balaban J connectivity index is 1.40. The van der Waals surface area contributed by atoms with Gasteiger partial charge in [0.1, 0.15) is 11.6 Å². The molecule has 1 saturated heterocycles. The lowest BCUT2D eigenvalue weighted by Gasteiger charge is -2.40. The normalized spacial score (nSPS) is 15.8. The van der Waals surface area contributed by atoms with E-state index in [2.05, 4.69) is 45.6 Å². The predicted octanol–water partition coefficient (Wildman–Crippen LogP) is 0.878. The summed E-state index contributed by atoms with van der Waals surface area (Å²) in [6.45, 7) is 9.83. The number of anilines is 1. The average Bonchev–Trinajstić information content (AvgIpc) is 3.17. The Hall–Kier alpha value is -2.53. The van der Waals surface area contributed by atoms with Gasteiger partial charge in [0, 0.05) is 44.2 Å². The van der Waals surface area contributed by atoms with Crippen molar-refractivity contribution in [1.82, 2.24) is 34.1 Å². The second kappa shape index (κ2) is 6.77. The molecule has 10 nitrogen and oxygen atoms in total. The summed E-state index contributed by atoms with van der Waals surface area (Å²) in [5.74, 6) is 2.52. The first kappa shape index (κ1) is 19.8. The highest BCUT2D eigenvalue weighted by atomic mass is 32.2. The number of hydrogen-bond acceptors (Lipinski definition) is 7. The van der Waals surface area contributed by atoms with Crippen LogP contribution in [0.5, 0.6) is 0 Å². The molecule has 3 aromatic rings. The number of fused-ring (bicyclic) bond motifs is 1. The zero-order chi connectivity index (χ0) is 21.0. The smallest absolute Gasteiger partial charge is 0.259 e. The second-order valence-electron chi connectivity index (χ2n) is 8.60. The summed E-state index contributed by atoms with van der Waals surface area (Å²) in [4.78, 5) is 6.22. The third kappa shape index (κ3) is 3.71. The van der Waals surface area contributed by atoms with E-state index >= 15 is 0 Å². The highest BCUT2D eigenvalue weighted by molar-refractivity contribution is 7.89. The molecule has 0 atom stereocenters. The van der Waals surface area contributed by atoms with Gasteiger partial charge in [-0.2, -0.15) is 4.52 Å². The maximum Gasteiger partial charge on any atom is 0.259 e. The summed E-state index contributed by atoms with van der Waals surface area (Å²) in [6.07, 6.45) is 1.52. The van der Waals surface area contributed by atoms with Gasteiger partial charge in [-0.05, 0) is 19.1 Å². The van der Waals surface area contributed by atoms with Crippen molar-refractivity contribution in [1.29, 1.82) is 0 Å². The van der Waals surface area contributed by atoms with Gasteiger partial charge < -0.3 is 9.47 Å². The molecule has 0 aliphatic carbocycles. The van der Waals surface area contributed by atoms with Gasteiger partial charge in [-0.1, -0.05) is 20.8 Å². The highest BCUT2D eigenvalue weighted by Crippen LogP contribution is 2.25. The number of imidazole rings is 1. The lowest BCUT2D eigenvalue weighted by Crippen LogP contribution is -2.52. The van der Waals surface area contributed by atoms with Gasteiger partial charge in [-0.15, -0.1) is 15.3 Å². The first-order valence-corrected chi connectivity index (χ1v) is 11.0. The van der Waals surface area contributed by atoms with Crippen molar-refractivity contribution in [2.45, 2.75) is 38.1 Å². The third-order valence-corrected chi connectivity index (χ3v) is 6.42. The monoisotopic (exact) mass is 418 g/mol. The van der Waals surface area contributed by atoms with Crippen LogP contribution < -0.4 is 9.62 Å². The molecule has 4 heterocycles. The van der Waals surface area contributed by atoms with Crippen LogP contribution in [0, 0.1) is 12.8 Å². The van der Waals surface area contributed by atoms with Crippen LogP contribution in [0.4, 0.5) is 5.82 Å². The third-order valence-electron chi connectivity index (χ3n) is 5.12. The second-order valence-corrected chi connectivity index (χ2v) is 10.3. The summed E-state index contributed by atoms with van der Waals surface area (Å²) in [6, 6.07) is 3.83. The highest BCUT2D eigenvalue weighted by Gasteiger charge is 2.31. The van der Waals surface area contributed by atoms with E-state index in [1.54, 1.807) is 23.1 Å². The van der Waals surface area contributed by atoms with Gasteiger partial charge in [-0.3, -0.25) is 0 Å². The van der Waals surface area contributed by atoms with Crippen molar-refractivity contribution in [2.75, 3.05) is 24.5 Å². The van der Waals surface area contributed by atoms with Gasteiger partial charge in [0.25, 0.3) is 10.0 Å². The quantitative estimate of drug-likeness (QED) is 0.655. The zero-order valence-electron chi connectivity index (χ0n) is 17.3. The minimum atomic E-state index is -3.60. The molecule has 156 valence electrons. The first-order valence-electron chi connectivity index (χ1n) is 9.52. The molecule has 11 heteroatoms. The first-order chi connectivity index (χ1) is 13.5. The molecule has 1 aliphatic rings. The predicted molar refractivity (Wildman–Crippen MR) is 108 cm³/mol. The molecular formula is C18H26N8O2S. The molecule has 29 heavy (non-hydrogen) atoms. The summed E-state index contributed by atoms with van der Waals surface area (Å²) in [5, 5.41) is 13.2. The molecule has 0 unspecified atom stereocenters. The lowest BCUT2D eigenvalue weighted by molar-refractivity contribution is 0.401. The molecule has 1 aliphatic heterocycles. The number of sulfonamides is 1. The van der Waals surface area contributed by atoms with Gasteiger partial charge in [0.2, 0.25) is 0 Å². The van der Waals surface area contributed by atoms with Crippen LogP contribution in [0.1, 0.15) is 32.4 Å². The van der Waals surface area contributed by atoms with Crippen LogP contribution in [-0.2, 0) is 22.5 Å². The standard InChI is InChI=1S/C18H26N8O2S/c1-12-20-16(11-24(12)5)29(27,28)19-8-13-9-25(10-13)15-7-6-14-21-22-17(18(2,3)4)26(14)23-15/h6-7,11,13,19H,8-10H2,1-5H3. The topological polar surface area (TPSA) is 110 Å². The van der Waals surface area contributed by atoms with E-state index in [1.165, 1.54) is 6.20 Å². The molecular weight excluding hydrogens is 392 g/mol. The largest absolute Gasteiger partial charge is 0.354 e. The maximum absolute atomic E-state index is 12.4. The molecule has 1 N–H and O–H groups in total. The number of nitrogens with zero attached hydrogens (tertiary/aromatic N) is 7. The Bertz CT molecular complexity index is 1130. The van der Waals surface area contributed by atoms with E-state index < -0.39 is 10.0 Å². The molecule has 3 aromatic heterocycles. The summed E-state index contributed by atoms with van der Waals surface area (Å²) in [7, 11) is -1.82. The maximum atomic E-state index is 12.4. The van der Waals surface area contributed by atoms with Gasteiger partial charge in [0.15, 0.2) is 16.5 Å². The van der Waals surface area contributed by atoms with Gasteiger partial charge in [-0.25, -0.2) is 18.1 Å². The van der Waals surface area contributed by atoms with Crippen molar-refractivity contribution >= 4 is 21.5 Å². The van der Waals surface area contributed by atoms with E-state index in [0.717, 1.165) is 24.7 Å². The number of hydrogen-bond donors (Lipinski definition) is 1. The van der Waals surface area contributed by atoms with Crippen LogP contribution in [0.2, 0.25) is 0 Å². The lowest BCUT2D eigenvalue weighted by atomic mass is 9.96. The Morgan fingerprint density at radius 2 is 1.93 bits per heavy atom. The number of aromatic nitrogens is 6. The molecule has 1 fully saturated rings. The molecule has 4 rings (SSSR count). The zero-order valence-corrected chi connectivity index (χ0v) is 18.1. The van der Waals surface area contributed by atoms with Crippen LogP contribution >= 0.6 is 0 Å². The Kier molecular flexibility index (Phi) is 4.61. The Morgan fingerprint density at radius 3 is 2.55 bits per heavy atom. The summed E-state index contributed by atoms with van der Waals surface area (Å²) in [5.41, 5.74) is 0.555. The van der Waals surface area contributed by atoms with Crippen LogP contribution in [-0.4, -0.2) is 57.4 Å². The van der Waals surface area contributed by atoms with E-state index in [0.29, 0.717) is 18.0 Å². The fourth-order valence-corrected chi connectivity index (χ4v) is 4.41. The van der Waals surface area contributed by atoms with Crippen molar-refractivity contribution in [2.24, 2.45) is 13.0 Å². The van der Waals surface area contributed by atoms with Crippen LogP contribution in [0.15, 0.2) is 23.4 Å². The molecule has 0 radical (unpaired) electrons. The van der Waals surface area contributed by atoms with Gasteiger partial charge in [0.05, 0.1) is 0 Å². The summed E-state index contributed by atoms with van der Waals surface area (Å²) < 4.78 is 31.0. The SMILES string of the molecule is Cc1nc(S(=O)(=O)NCC2CN(c3ccc4nnc(C(C)(C)C)n4n3)C2)cn1C. The minimum Gasteiger partial charge on any atom is -0.354 e. The molecule has 0 saturated carbocycles. The number of rotatable bonds is 5. The van der Waals surface area contributed by atoms with Crippen molar-refractivity contribution < 1.29 is 8.42 Å². The molecule has 0 amide bonds. The molecule has 0 bridgehead atoms. The number of aryl methyl sites for hydroxylation is 2. The van der Waals surface area contributed by atoms with Crippen LogP contribution in [0.25, 0.3) is 5.65 Å². The van der Waals surface area contributed by atoms with Crippen molar-refractivity contribution in [3.8, 4) is 0 Å². The van der Waals surface area contributed by atoms with E-state index in [4.69, 9.17) is 5.10 Å². The molecule has 0 spiro atoms.